The van der Waals surface area contributed by atoms with E-state index in [0.29, 0.717) is 28.7 Å². The summed E-state index contributed by atoms with van der Waals surface area (Å²) < 4.78 is 37.0. The van der Waals surface area contributed by atoms with Gasteiger partial charge in [0.15, 0.2) is 23.0 Å². The van der Waals surface area contributed by atoms with Gasteiger partial charge in [-0.15, -0.1) is 0 Å². The number of hydrogen-bond acceptors (Lipinski definition) is 8. The standard InChI is InChI=1S/C38H42N2O6/c1-39-15-13-25-20-28(41-3)22-33-35(25)29(39)17-23-7-10-27(11-8-23)45-38-36-26(21-34(43-5)37(38)44-6)14-16-40(2)30(36)18-24-9-12-31(46-33)32(19-24)42-4/h7-12,19-22,29-30H,13-18H2,1-6H3/t29-,30+/m1/s1. The van der Waals surface area contributed by atoms with E-state index in [4.69, 9.17) is 28.4 Å². The van der Waals surface area contributed by atoms with Crippen molar-refractivity contribution in [3.8, 4) is 46.0 Å². The molecule has 4 bridgehead atoms. The topological polar surface area (TPSA) is 61.9 Å². The molecule has 0 radical (unpaired) electrons. The molecule has 6 aliphatic heterocycles. The highest BCUT2D eigenvalue weighted by Crippen LogP contribution is 2.50. The highest BCUT2D eigenvalue weighted by Gasteiger charge is 2.34. The van der Waals surface area contributed by atoms with Crippen LogP contribution in [0.1, 0.15) is 45.5 Å². The van der Waals surface area contributed by atoms with E-state index in [2.05, 4.69) is 72.4 Å². The number of hydrogen-bond donors (Lipinski definition) is 0. The average Bonchev–Trinajstić information content (AvgIpc) is 3.07. The molecule has 10 rings (SSSR count). The molecule has 0 aliphatic carbocycles. The van der Waals surface area contributed by atoms with Crippen LogP contribution >= 0.6 is 0 Å². The number of likely N-dealkylation sites (N-methyl/N-ethyl adjacent to an activating group) is 2. The SMILES string of the molecule is COc1cc2c3c(c1)Oc1ccc(cc1OC)C[C@H]1c4c(cc(OC)c(OC)c4Oc4ccc(cc4)C[C@H]3N(C)CC2)CCN1C. The third kappa shape index (κ3) is 5.39. The number of rotatable bonds is 4. The van der Waals surface area contributed by atoms with E-state index in [1.807, 2.05) is 12.1 Å². The monoisotopic (exact) mass is 622 g/mol. The smallest absolute Gasteiger partial charge is 0.204 e. The van der Waals surface area contributed by atoms with Crippen molar-refractivity contribution in [1.29, 1.82) is 0 Å². The second kappa shape index (κ2) is 12.4. The zero-order chi connectivity index (χ0) is 31.9. The number of nitrogens with zero attached hydrogens (tertiary/aromatic N) is 2. The minimum absolute atomic E-state index is 0.0369. The Morgan fingerprint density at radius 2 is 1.26 bits per heavy atom. The van der Waals surface area contributed by atoms with Crippen molar-refractivity contribution in [2.24, 2.45) is 0 Å². The van der Waals surface area contributed by atoms with Gasteiger partial charge in [0.2, 0.25) is 5.75 Å². The molecule has 0 fully saturated rings. The Balaban J connectivity index is 1.42. The normalized spacial score (nSPS) is 19.2. The van der Waals surface area contributed by atoms with Gasteiger partial charge in [0.25, 0.3) is 0 Å². The van der Waals surface area contributed by atoms with E-state index < -0.39 is 0 Å². The lowest BCUT2D eigenvalue weighted by Crippen LogP contribution is -2.34. The minimum Gasteiger partial charge on any atom is -0.497 e. The summed E-state index contributed by atoms with van der Waals surface area (Å²) in [5.41, 5.74) is 7.09. The predicted octanol–water partition coefficient (Wildman–Crippen LogP) is 7.16. The Morgan fingerprint density at radius 3 is 1.93 bits per heavy atom. The van der Waals surface area contributed by atoms with Gasteiger partial charge in [0.1, 0.15) is 17.2 Å². The van der Waals surface area contributed by atoms with Gasteiger partial charge in [-0.05, 0) is 98.4 Å². The summed E-state index contributed by atoms with van der Waals surface area (Å²) in [4.78, 5) is 4.80. The molecule has 0 amide bonds. The van der Waals surface area contributed by atoms with Crippen molar-refractivity contribution >= 4 is 0 Å². The van der Waals surface area contributed by atoms with Gasteiger partial charge >= 0.3 is 0 Å². The maximum Gasteiger partial charge on any atom is 0.204 e. The molecule has 2 atom stereocenters. The molecule has 4 aromatic rings. The summed E-state index contributed by atoms with van der Waals surface area (Å²) in [5, 5.41) is 0. The van der Waals surface area contributed by atoms with Gasteiger partial charge in [-0.3, -0.25) is 9.80 Å². The molecule has 6 aliphatic rings. The quantitative estimate of drug-likeness (QED) is 0.238. The van der Waals surface area contributed by atoms with Crippen LogP contribution in [0.2, 0.25) is 0 Å². The Morgan fingerprint density at radius 1 is 0.609 bits per heavy atom. The lowest BCUT2D eigenvalue weighted by molar-refractivity contribution is 0.221. The van der Waals surface area contributed by atoms with Crippen molar-refractivity contribution < 1.29 is 28.4 Å². The second-order valence-corrected chi connectivity index (χ2v) is 12.4. The summed E-state index contributed by atoms with van der Waals surface area (Å²) in [5.74, 6) is 5.68. The van der Waals surface area contributed by atoms with Crippen LogP contribution in [0.5, 0.6) is 46.0 Å². The van der Waals surface area contributed by atoms with E-state index in [1.54, 1.807) is 28.4 Å². The number of methoxy groups -OCH3 is 4. The first-order valence-electron chi connectivity index (χ1n) is 15.9. The molecular formula is C38H42N2O6. The molecule has 8 nitrogen and oxygen atoms in total. The summed E-state index contributed by atoms with van der Waals surface area (Å²) in [6.07, 6.45) is 3.35. The van der Waals surface area contributed by atoms with Crippen LogP contribution < -0.4 is 28.4 Å². The Labute approximate surface area is 271 Å². The molecule has 8 heteroatoms. The first kappa shape index (κ1) is 30.3. The molecule has 0 saturated carbocycles. The highest BCUT2D eigenvalue weighted by atomic mass is 16.5. The van der Waals surface area contributed by atoms with Crippen molar-refractivity contribution in [2.75, 3.05) is 55.6 Å². The molecular weight excluding hydrogens is 580 g/mol. The van der Waals surface area contributed by atoms with Gasteiger partial charge in [0.05, 0.1) is 28.4 Å². The predicted molar refractivity (Wildman–Crippen MR) is 178 cm³/mol. The van der Waals surface area contributed by atoms with E-state index in [-0.39, 0.29) is 12.1 Å². The summed E-state index contributed by atoms with van der Waals surface area (Å²) in [7, 11) is 11.1. The van der Waals surface area contributed by atoms with Gasteiger partial charge in [-0.25, -0.2) is 0 Å². The van der Waals surface area contributed by atoms with Crippen LogP contribution in [0.4, 0.5) is 0 Å². The molecule has 0 aromatic heterocycles. The van der Waals surface area contributed by atoms with Crippen molar-refractivity contribution in [1.82, 2.24) is 9.80 Å². The molecule has 0 N–H and O–H groups in total. The lowest BCUT2D eigenvalue weighted by atomic mass is 9.87. The van der Waals surface area contributed by atoms with Gasteiger partial charge in [-0.2, -0.15) is 0 Å². The van der Waals surface area contributed by atoms with Crippen LogP contribution in [0.15, 0.2) is 60.7 Å². The molecule has 6 heterocycles. The Bertz CT molecular complexity index is 1750. The first-order valence-corrected chi connectivity index (χ1v) is 15.9. The molecule has 0 spiro atoms. The van der Waals surface area contributed by atoms with Crippen LogP contribution in [-0.4, -0.2) is 65.4 Å². The fraction of sp³-hybridized carbons (Fsp3) is 0.368. The maximum atomic E-state index is 6.78. The van der Waals surface area contributed by atoms with Gasteiger partial charge < -0.3 is 28.4 Å². The Kier molecular flexibility index (Phi) is 8.17. The highest BCUT2D eigenvalue weighted by molar-refractivity contribution is 5.62. The largest absolute Gasteiger partial charge is 0.497 e. The fourth-order valence-electron chi connectivity index (χ4n) is 7.31. The van der Waals surface area contributed by atoms with E-state index >= 15 is 0 Å². The van der Waals surface area contributed by atoms with Crippen LogP contribution in [0, 0.1) is 0 Å². The zero-order valence-electron chi connectivity index (χ0n) is 27.5. The minimum atomic E-state index is 0.0369. The lowest BCUT2D eigenvalue weighted by Gasteiger charge is -2.37. The summed E-state index contributed by atoms with van der Waals surface area (Å²) in [6.45, 7) is 1.86. The molecule has 0 saturated heterocycles. The zero-order valence-corrected chi connectivity index (χ0v) is 27.5. The van der Waals surface area contributed by atoms with Crippen LogP contribution in [0.25, 0.3) is 0 Å². The van der Waals surface area contributed by atoms with Crippen molar-refractivity contribution in [2.45, 2.75) is 37.8 Å². The number of ether oxygens (including phenoxy) is 6. The summed E-state index contributed by atoms with van der Waals surface area (Å²) >= 11 is 0. The van der Waals surface area contributed by atoms with Crippen molar-refractivity contribution in [3.63, 3.8) is 0 Å². The van der Waals surface area contributed by atoms with Crippen molar-refractivity contribution in [3.05, 3.63) is 94.0 Å². The number of benzene rings is 4. The summed E-state index contributed by atoms with van der Waals surface area (Å²) in [6, 6.07) is 21.1. The van der Waals surface area contributed by atoms with Gasteiger partial charge in [-0.1, -0.05) is 18.2 Å². The maximum absolute atomic E-state index is 6.78. The second-order valence-electron chi connectivity index (χ2n) is 12.4. The van der Waals surface area contributed by atoms with E-state index in [1.165, 1.54) is 22.3 Å². The van der Waals surface area contributed by atoms with Crippen LogP contribution in [0.3, 0.4) is 0 Å². The third-order valence-corrected chi connectivity index (χ3v) is 9.83. The third-order valence-electron chi connectivity index (χ3n) is 9.83. The molecule has 46 heavy (non-hydrogen) atoms. The first-order chi connectivity index (χ1) is 22.4. The molecule has 240 valence electrons. The fourth-order valence-corrected chi connectivity index (χ4v) is 7.31. The molecule has 0 unspecified atom stereocenters. The van der Waals surface area contributed by atoms with E-state index in [9.17, 15) is 0 Å². The van der Waals surface area contributed by atoms with Crippen LogP contribution in [-0.2, 0) is 25.7 Å². The van der Waals surface area contributed by atoms with E-state index in [0.717, 1.165) is 67.1 Å². The average molecular weight is 623 g/mol. The molecule has 4 aromatic carbocycles. The Hall–Kier alpha value is -4.40. The van der Waals surface area contributed by atoms with Gasteiger partial charge in [0, 0.05) is 42.4 Å².